The molecular formula is C25H23Cl3N2O6S. The molecule has 0 saturated carbocycles. The van der Waals surface area contributed by atoms with Crippen LogP contribution in [0.2, 0.25) is 15.1 Å². The van der Waals surface area contributed by atoms with Gasteiger partial charge in [0, 0.05) is 28.7 Å². The van der Waals surface area contributed by atoms with E-state index in [-0.39, 0.29) is 29.0 Å². The van der Waals surface area contributed by atoms with Crippen LogP contribution in [0.1, 0.15) is 18.1 Å². The van der Waals surface area contributed by atoms with E-state index >= 15 is 0 Å². The van der Waals surface area contributed by atoms with Gasteiger partial charge in [-0.1, -0.05) is 40.9 Å². The van der Waals surface area contributed by atoms with E-state index in [9.17, 15) is 14.4 Å². The highest BCUT2D eigenvalue weighted by Gasteiger charge is 2.37. The summed E-state index contributed by atoms with van der Waals surface area (Å²) in [4.78, 5) is 40.7. The summed E-state index contributed by atoms with van der Waals surface area (Å²) in [5.41, 5.74) is 1.25. The van der Waals surface area contributed by atoms with E-state index in [2.05, 4.69) is 0 Å². The minimum Gasteiger partial charge on any atom is -0.490 e. The SMILES string of the molecule is CCOc1cc(/C=C2/SC(=O)N(CC(=O)N3CCOCC3)C2=O)cc(Cl)c1OCc1ccc(Cl)cc1Cl. The summed E-state index contributed by atoms with van der Waals surface area (Å²) in [5.74, 6) is -0.150. The van der Waals surface area contributed by atoms with Crippen molar-refractivity contribution in [2.24, 2.45) is 0 Å². The van der Waals surface area contributed by atoms with Crippen LogP contribution in [-0.4, -0.2) is 66.3 Å². The van der Waals surface area contributed by atoms with Crippen LogP contribution in [0.5, 0.6) is 11.5 Å². The second-order valence-corrected chi connectivity index (χ2v) is 10.3. The van der Waals surface area contributed by atoms with Gasteiger partial charge in [-0.15, -0.1) is 0 Å². The first kappa shape index (κ1) is 27.6. The van der Waals surface area contributed by atoms with Gasteiger partial charge in [0.1, 0.15) is 13.2 Å². The normalized spacial score (nSPS) is 17.0. The number of carbonyl (C=O) groups excluding carboxylic acids is 3. The fourth-order valence-electron chi connectivity index (χ4n) is 3.70. The van der Waals surface area contributed by atoms with Gasteiger partial charge in [-0.05, 0) is 54.6 Å². The molecular weight excluding hydrogens is 563 g/mol. The Labute approximate surface area is 233 Å². The van der Waals surface area contributed by atoms with Crippen LogP contribution in [0.25, 0.3) is 6.08 Å². The van der Waals surface area contributed by atoms with Crippen LogP contribution >= 0.6 is 46.6 Å². The molecule has 37 heavy (non-hydrogen) atoms. The summed E-state index contributed by atoms with van der Waals surface area (Å²) in [6, 6.07) is 8.36. The highest BCUT2D eigenvalue weighted by Crippen LogP contribution is 2.40. The predicted molar refractivity (Wildman–Crippen MR) is 143 cm³/mol. The number of hydrogen-bond donors (Lipinski definition) is 0. The van der Waals surface area contributed by atoms with Gasteiger partial charge in [-0.3, -0.25) is 19.3 Å². The molecule has 2 aromatic carbocycles. The van der Waals surface area contributed by atoms with Crippen LogP contribution in [0.4, 0.5) is 4.79 Å². The highest BCUT2D eigenvalue weighted by molar-refractivity contribution is 8.18. The summed E-state index contributed by atoms with van der Waals surface area (Å²) in [5, 5.41) is 0.722. The maximum absolute atomic E-state index is 12.9. The fraction of sp³-hybridized carbons (Fsp3) is 0.320. The monoisotopic (exact) mass is 584 g/mol. The average molecular weight is 586 g/mol. The summed E-state index contributed by atoms with van der Waals surface area (Å²) < 4.78 is 16.9. The Morgan fingerprint density at radius 3 is 2.54 bits per heavy atom. The van der Waals surface area contributed by atoms with Gasteiger partial charge in [-0.2, -0.15) is 0 Å². The number of carbonyl (C=O) groups is 3. The van der Waals surface area contributed by atoms with Crippen molar-refractivity contribution < 1.29 is 28.6 Å². The molecule has 196 valence electrons. The number of hydrogen-bond acceptors (Lipinski definition) is 7. The maximum Gasteiger partial charge on any atom is 0.294 e. The average Bonchev–Trinajstić information content (AvgIpc) is 3.12. The Balaban J connectivity index is 1.51. The number of nitrogens with zero attached hydrogens (tertiary/aromatic N) is 2. The van der Waals surface area contributed by atoms with E-state index in [1.54, 1.807) is 41.3 Å². The highest BCUT2D eigenvalue weighted by atomic mass is 35.5. The van der Waals surface area contributed by atoms with E-state index in [0.29, 0.717) is 65.6 Å². The summed E-state index contributed by atoms with van der Waals surface area (Å²) in [6.07, 6.45) is 1.54. The van der Waals surface area contributed by atoms with Gasteiger partial charge in [0.05, 0.1) is 29.7 Å². The summed E-state index contributed by atoms with van der Waals surface area (Å²) >= 11 is 19.5. The Hall–Kier alpha value is -2.43. The lowest BCUT2D eigenvalue weighted by molar-refractivity contribution is -0.139. The van der Waals surface area contributed by atoms with Crippen molar-refractivity contribution in [3.8, 4) is 11.5 Å². The smallest absolute Gasteiger partial charge is 0.294 e. The molecule has 3 amide bonds. The quantitative estimate of drug-likeness (QED) is 0.377. The molecule has 2 aliphatic heterocycles. The third-order valence-corrected chi connectivity index (χ3v) is 7.32. The molecule has 2 fully saturated rings. The number of morpholine rings is 1. The number of rotatable bonds is 8. The molecule has 0 aromatic heterocycles. The van der Waals surface area contributed by atoms with Crippen LogP contribution in [0.3, 0.4) is 0 Å². The lowest BCUT2D eigenvalue weighted by Crippen LogP contribution is -2.46. The van der Waals surface area contributed by atoms with Crippen molar-refractivity contribution in [2.45, 2.75) is 13.5 Å². The number of halogens is 3. The number of thioether (sulfide) groups is 1. The largest absolute Gasteiger partial charge is 0.490 e. The third-order valence-electron chi connectivity index (χ3n) is 5.55. The lowest BCUT2D eigenvalue weighted by Gasteiger charge is -2.28. The Kier molecular flexibility index (Phi) is 9.26. The van der Waals surface area contributed by atoms with Crippen LogP contribution in [0, 0.1) is 0 Å². The molecule has 2 heterocycles. The molecule has 12 heteroatoms. The molecule has 0 N–H and O–H groups in total. The Bertz CT molecular complexity index is 1250. The van der Waals surface area contributed by atoms with Crippen LogP contribution in [0.15, 0.2) is 35.2 Å². The van der Waals surface area contributed by atoms with E-state index in [1.165, 1.54) is 0 Å². The van der Waals surface area contributed by atoms with E-state index in [1.807, 2.05) is 6.92 Å². The second kappa shape index (κ2) is 12.4. The molecule has 0 radical (unpaired) electrons. The molecule has 8 nitrogen and oxygen atoms in total. The Morgan fingerprint density at radius 1 is 1.08 bits per heavy atom. The standard InChI is InChI=1S/C25H23Cl3N2O6S/c1-2-35-20-10-15(9-19(28)23(20)36-14-16-3-4-17(26)12-18(16)27)11-21-24(32)30(25(33)37-21)13-22(31)29-5-7-34-8-6-29/h3-4,9-12H,2,5-8,13-14H2,1H3/b21-11+. The van der Waals surface area contributed by atoms with Gasteiger partial charge >= 0.3 is 0 Å². The van der Waals surface area contributed by atoms with E-state index in [0.717, 1.165) is 16.7 Å². The number of benzene rings is 2. The minimum absolute atomic E-state index is 0.130. The van der Waals surface area contributed by atoms with Crippen molar-refractivity contribution in [3.63, 3.8) is 0 Å². The second-order valence-electron chi connectivity index (χ2n) is 8.05. The lowest BCUT2D eigenvalue weighted by atomic mass is 10.1. The number of amides is 3. The molecule has 4 rings (SSSR count). The Morgan fingerprint density at radius 2 is 1.84 bits per heavy atom. The van der Waals surface area contributed by atoms with Crippen LogP contribution < -0.4 is 9.47 Å². The zero-order valence-corrected chi connectivity index (χ0v) is 22.9. The van der Waals surface area contributed by atoms with Gasteiger partial charge in [0.2, 0.25) is 5.91 Å². The molecule has 0 bridgehead atoms. The van der Waals surface area contributed by atoms with Gasteiger partial charge in [0.15, 0.2) is 11.5 Å². The zero-order valence-electron chi connectivity index (χ0n) is 19.8. The van der Waals surface area contributed by atoms with Crippen molar-refractivity contribution in [1.29, 1.82) is 0 Å². The van der Waals surface area contributed by atoms with Crippen molar-refractivity contribution in [1.82, 2.24) is 9.80 Å². The first-order valence-electron chi connectivity index (χ1n) is 11.4. The van der Waals surface area contributed by atoms with Gasteiger partial charge < -0.3 is 19.1 Å². The first-order valence-corrected chi connectivity index (χ1v) is 13.4. The fourth-order valence-corrected chi connectivity index (χ4v) is 5.27. The topological polar surface area (TPSA) is 85.4 Å². The molecule has 0 atom stereocenters. The van der Waals surface area contributed by atoms with Crippen molar-refractivity contribution in [2.75, 3.05) is 39.5 Å². The minimum atomic E-state index is -0.539. The van der Waals surface area contributed by atoms with Gasteiger partial charge in [0.25, 0.3) is 11.1 Å². The molecule has 0 spiro atoms. The van der Waals surface area contributed by atoms with Crippen LogP contribution in [-0.2, 0) is 20.9 Å². The zero-order chi connectivity index (χ0) is 26.5. The number of imide groups is 1. The maximum atomic E-state index is 12.9. The van der Waals surface area contributed by atoms with E-state index < -0.39 is 11.1 Å². The molecule has 2 aromatic rings. The van der Waals surface area contributed by atoms with Gasteiger partial charge in [-0.25, -0.2) is 0 Å². The van der Waals surface area contributed by atoms with E-state index in [4.69, 9.17) is 49.0 Å². The number of ether oxygens (including phenoxy) is 3. The molecule has 0 unspecified atom stereocenters. The predicted octanol–water partition coefficient (Wildman–Crippen LogP) is 5.52. The summed E-state index contributed by atoms with van der Waals surface area (Å²) in [6.45, 7) is 3.71. The summed E-state index contributed by atoms with van der Waals surface area (Å²) in [7, 11) is 0. The first-order chi connectivity index (χ1) is 17.8. The molecule has 2 saturated heterocycles. The van der Waals surface area contributed by atoms with Crippen molar-refractivity contribution >= 4 is 69.7 Å². The van der Waals surface area contributed by atoms with Crippen molar-refractivity contribution in [3.05, 3.63) is 61.4 Å². The molecule has 0 aliphatic carbocycles. The molecule has 2 aliphatic rings. The third kappa shape index (κ3) is 6.72.